The van der Waals surface area contributed by atoms with Crippen molar-refractivity contribution < 1.29 is 26.4 Å². The van der Waals surface area contributed by atoms with E-state index in [1.165, 1.54) is 31.4 Å². The minimum Gasteiger partial charge on any atom is -0.342 e. The van der Waals surface area contributed by atoms with Crippen molar-refractivity contribution in [3.8, 4) is 0 Å². The molecule has 230 valence electrons. The quantitative estimate of drug-likeness (QED) is 0.432. The number of hydrogen-bond donors (Lipinski definition) is 1. The molecule has 1 spiro atoms. The SMILES string of the molecule is CCCCN1C(=O)[C@@H]([C@H](C)C2CCCCC2)NC(=O)C12CCN(Cc1ccc(N(S(C)(=O)=O)S(C)(=O)=O)cc1)CC2. The standard InChI is InChI=1S/C29H46N4O6S2/c1-5-6-18-32-27(34)26(22(2)24-10-8-7-9-11-24)30-28(35)29(32)16-19-31(20-17-29)21-23-12-14-25(15-13-23)33(40(3,36)37)41(4,38)39/h12-15,22,24,26H,5-11,16-21H2,1-4H3,(H,30,35)/t22-,26-/m1/s1. The molecule has 1 N–H and O–H groups in total. The Bertz CT molecular complexity index is 1270. The molecule has 0 bridgehead atoms. The number of amides is 2. The Labute approximate surface area is 245 Å². The lowest BCUT2D eigenvalue weighted by atomic mass is 9.74. The van der Waals surface area contributed by atoms with E-state index in [9.17, 15) is 26.4 Å². The van der Waals surface area contributed by atoms with Crippen LogP contribution in [0.1, 0.15) is 77.2 Å². The Balaban J connectivity index is 1.45. The predicted molar refractivity (Wildman–Crippen MR) is 160 cm³/mol. The van der Waals surface area contributed by atoms with Crippen molar-refractivity contribution in [1.29, 1.82) is 0 Å². The number of carbonyl (C=O) groups is 2. The summed E-state index contributed by atoms with van der Waals surface area (Å²) in [5, 5.41) is 3.18. The van der Waals surface area contributed by atoms with Gasteiger partial charge in [-0.15, -0.1) is 0 Å². The van der Waals surface area contributed by atoms with Gasteiger partial charge in [0.15, 0.2) is 0 Å². The minimum absolute atomic E-state index is 0.0218. The molecule has 10 nitrogen and oxygen atoms in total. The Morgan fingerprint density at radius 3 is 2.10 bits per heavy atom. The van der Waals surface area contributed by atoms with Gasteiger partial charge in [-0.05, 0) is 48.8 Å². The van der Waals surface area contributed by atoms with Crippen LogP contribution in [0.3, 0.4) is 0 Å². The molecule has 3 aliphatic rings. The monoisotopic (exact) mass is 610 g/mol. The van der Waals surface area contributed by atoms with Crippen LogP contribution >= 0.6 is 0 Å². The molecule has 1 aromatic carbocycles. The molecule has 12 heteroatoms. The molecule has 1 aromatic rings. The highest BCUT2D eigenvalue weighted by Gasteiger charge is 2.54. The van der Waals surface area contributed by atoms with Crippen molar-refractivity contribution in [2.75, 3.05) is 35.9 Å². The molecule has 41 heavy (non-hydrogen) atoms. The summed E-state index contributed by atoms with van der Waals surface area (Å²) in [7, 11) is -8.01. The molecule has 1 aliphatic carbocycles. The Morgan fingerprint density at radius 2 is 1.56 bits per heavy atom. The second-order valence-corrected chi connectivity index (χ2v) is 16.1. The molecule has 1 saturated carbocycles. The van der Waals surface area contributed by atoms with E-state index in [1.54, 1.807) is 12.1 Å². The number of piperidine rings is 1. The zero-order valence-electron chi connectivity index (χ0n) is 24.8. The molecule has 2 atom stereocenters. The number of hydrogen-bond acceptors (Lipinski definition) is 7. The lowest BCUT2D eigenvalue weighted by molar-refractivity contribution is -0.163. The lowest BCUT2D eigenvalue weighted by Crippen LogP contribution is -2.74. The van der Waals surface area contributed by atoms with Gasteiger partial charge >= 0.3 is 0 Å². The molecule has 2 aliphatic heterocycles. The second-order valence-electron chi connectivity index (χ2n) is 12.2. The average molecular weight is 611 g/mol. The summed E-state index contributed by atoms with van der Waals surface area (Å²) >= 11 is 0. The maximum atomic E-state index is 13.9. The highest BCUT2D eigenvalue weighted by molar-refractivity contribution is 8.09. The highest BCUT2D eigenvalue weighted by Crippen LogP contribution is 2.38. The summed E-state index contributed by atoms with van der Waals surface area (Å²) in [5.41, 5.74) is 0.137. The highest BCUT2D eigenvalue weighted by atomic mass is 32.3. The number of sulfonamides is 2. The minimum atomic E-state index is -4.00. The van der Waals surface area contributed by atoms with Gasteiger partial charge in [-0.1, -0.05) is 64.5 Å². The number of piperazine rings is 1. The van der Waals surface area contributed by atoms with Crippen molar-refractivity contribution in [3.05, 3.63) is 29.8 Å². The van der Waals surface area contributed by atoms with Crippen molar-refractivity contribution in [2.45, 2.75) is 89.8 Å². The van der Waals surface area contributed by atoms with Crippen LogP contribution in [0.5, 0.6) is 0 Å². The third kappa shape index (κ3) is 6.91. The molecule has 4 rings (SSSR count). The van der Waals surface area contributed by atoms with E-state index in [0.717, 1.165) is 43.8 Å². The first-order chi connectivity index (χ1) is 19.3. The number of benzene rings is 1. The first kappa shape index (κ1) is 31.7. The largest absolute Gasteiger partial charge is 0.342 e. The number of rotatable bonds is 10. The smallest absolute Gasteiger partial charge is 0.246 e. The van der Waals surface area contributed by atoms with Crippen LogP contribution in [0, 0.1) is 11.8 Å². The third-order valence-electron chi connectivity index (χ3n) is 9.25. The topological polar surface area (TPSA) is 124 Å². The van der Waals surface area contributed by atoms with Gasteiger partial charge in [-0.2, -0.15) is 3.71 Å². The van der Waals surface area contributed by atoms with Crippen molar-refractivity contribution in [3.63, 3.8) is 0 Å². The fourth-order valence-electron chi connectivity index (χ4n) is 6.96. The van der Waals surface area contributed by atoms with Crippen LogP contribution in [0.25, 0.3) is 0 Å². The third-order valence-corrected chi connectivity index (χ3v) is 12.5. The van der Waals surface area contributed by atoms with Gasteiger partial charge in [0.25, 0.3) is 0 Å². The first-order valence-corrected chi connectivity index (χ1v) is 18.6. The van der Waals surface area contributed by atoms with E-state index < -0.39 is 31.6 Å². The average Bonchev–Trinajstić information content (AvgIpc) is 2.91. The van der Waals surface area contributed by atoms with Crippen molar-refractivity contribution >= 4 is 37.5 Å². The first-order valence-electron chi connectivity index (χ1n) is 14.9. The summed E-state index contributed by atoms with van der Waals surface area (Å²) in [6.07, 6.45) is 10.5. The normalized spacial score (nSPS) is 23.4. The van der Waals surface area contributed by atoms with Crippen LogP contribution in [0.15, 0.2) is 24.3 Å². The molecule has 2 saturated heterocycles. The number of carbonyl (C=O) groups excluding carboxylic acids is 2. The van der Waals surface area contributed by atoms with Gasteiger partial charge in [0.05, 0.1) is 18.2 Å². The van der Waals surface area contributed by atoms with Gasteiger partial charge in [0.2, 0.25) is 31.9 Å². The Hall–Kier alpha value is -2.18. The maximum absolute atomic E-state index is 13.9. The van der Waals surface area contributed by atoms with Gasteiger partial charge < -0.3 is 10.2 Å². The van der Waals surface area contributed by atoms with Crippen molar-refractivity contribution in [1.82, 2.24) is 15.1 Å². The summed E-state index contributed by atoms with van der Waals surface area (Å²) in [6.45, 7) is 6.66. The van der Waals surface area contributed by atoms with Crippen LogP contribution in [-0.2, 0) is 36.2 Å². The Kier molecular flexibility index (Phi) is 9.75. The zero-order chi connectivity index (χ0) is 30.0. The molecule has 0 radical (unpaired) electrons. The fraction of sp³-hybridized carbons (Fsp3) is 0.724. The molecular weight excluding hydrogens is 564 g/mol. The molecule has 0 aromatic heterocycles. The van der Waals surface area contributed by atoms with Crippen LogP contribution in [-0.4, -0.2) is 82.2 Å². The van der Waals surface area contributed by atoms with E-state index >= 15 is 0 Å². The molecular formula is C29H46N4O6S2. The predicted octanol–water partition coefficient (Wildman–Crippen LogP) is 3.09. The van der Waals surface area contributed by atoms with E-state index in [2.05, 4.69) is 24.1 Å². The van der Waals surface area contributed by atoms with Crippen LogP contribution in [0.2, 0.25) is 0 Å². The lowest BCUT2D eigenvalue weighted by Gasteiger charge is -2.53. The maximum Gasteiger partial charge on any atom is 0.246 e. The van der Waals surface area contributed by atoms with Gasteiger partial charge in [0, 0.05) is 26.2 Å². The van der Waals surface area contributed by atoms with E-state index in [0.29, 0.717) is 48.6 Å². The second kappa shape index (κ2) is 12.6. The zero-order valence-corrected chi connectivity index (χ0v) is 26.5. The number of nitrogens with zero attached hydrogens (tertiary/aromatic N) is 3. The molecule has 2 amide bonds. The number of likely N-dealkylation sites (tertiary alicyclic amines) is 1. The number of anilines is 1. The number of unbranched alkanes of at least 4 members (excludes halogenated alkanes) is 1. The van der Waals surface area contributed by atoms with Crippen molar-refractivity contribution in [2.24, 2.45) is 11.8 Å². The number of nitrogens with one attached hydrogen (secondary N) is 1. The summed E-state index contributed by atoms with van der Waals surface area (Å²) in [6, 6.07) is 5.99. The van der Waals surface area contributed by atoms with E-state index in [1.807, 2.05) is 4.90 Å². The fourth-order valence-corrected chi connectivity index (χ4v) is 9.93. The summed E-state index contributed by atoms with van der Waals surface area (Å²) < 4.78 is 48.8. The molecule has 0 unspecified atom stereocenters. The van der Waals surface area contributed by atoms with Gasteiger partial charge in [0.1, 0.15) is 11.6 Å². The van der Waals surface area contributed by atoms with Gasteiger partial charge in [-0.25, -0.2) is 16.8 Å². The Morgan fingerprint density at radius 1 is 0.976 bits per heavy atom. The molecule has 2 heterocycles. The van der Waals surface area contributed by atoms with E-state index in [4.69, 9.17) is 0 Å². The summed E-state index contributed by atoms with van der Waals surface area (Å²) in [5.74, 6) is 0.640. The van der Waals surface area contributed by atoms with Crippen LogP contribution in [0.4, 0.5) is 5.69 Å². The summed E-state index contributed by atoms with van der Waals surface area (Å²) in [4.78, 5) is 31.9. The molecule has 3 fully saturated rings. The van der Waals surface area contributed by atoms with Crippen LogP contribution < -0.4 is 9.03 Å². The van der Waals surface area contributed by atoms with E-state index in [-0.39, 0.29) is 23.4 Å². The van der Waals surface area contributed by atoms with Gasteiger partial charge in [-0.3, -0.25) is 14.5 Å².